The van der Waals surface area contributed by atoms with Crippen LogP contribution in [0.1, 0.15) is 46.1 Å². The Kier molecular flexibility index (Phi) is 11.8. The van der Waals surface area contributed by atoms with Gasteiger partial charge in [0, 0.05) is 0 Å². The first-order valence-corrected chi connectivity index (χ1v) is 16.4. The average molecular weight is 402 g/mol. The number of rotatable bonds is 6. The van der Waals surface area contributed by atoms with E-state index in [0.717, 1.165) is 12.0 Å². The van der Waals surface area contributed by atoms with Crippen LogP contribution in [0, 0.1) is 5.41 Å². The zero-order valence-electron chi connectivity index (χ0n) is 19.6. The molecule has 0 saturated heterocycles. The van der Waals surface area contributed by atoms with Crippen molar-refractivity contribution in [1.29, 1.82) is 0 Å². The molecule has 0 aliphatic rings. The van der Waals surface area contributed by atoms with E-state index >= 15 is 0 Å². The molecule has 1 aromatic carbocycles. The largest absolute Gasteiger partial charge is 1.00 e. The van der Waals surface area contributed by atoms with Gasteiger partial charge in [0.05, 0.1) is 5.41 Å². The minimum atomic E-state index is -1.11. The second-order valence-electron chi connectivity index (χ2n) is 10.5. The van der Waals surface area contributed by atoms with Crippen LogP contribution < -0.4 is 18.9 Å². The first-order valence-electron chi connectivity index (χ1n) is 9.49. The third-order valence-corrected chi connectivity index (χ3v) is 9.30. The van der Waals surface area contributed by atoms with Gasteiger partial charge >= 0.3 is 24.8 Å². The van der Waals surface area contributed by atoms with E-state index in [4.69, 9.17) is 4.65 Å². The van der Waals surface area contributed by atoms with Gasteiger partial charge in [-0.1, -0.05) is 107 Å². The van der Waals surface area contributed by atoms with Gasteiger partial charge in [-0.05, 0) is 30.7 Å². The van der Waals surface area contributed by atoms with Gasteiger partial charge in [0.1, 0.15) is 0 Å². The summed E-state index contributed by atoms with van der Waals surface area (Å²) < 4.78 is 4.82. The summed E-state index contributed by atoms with van der Waals surface area (Å²) in [6.07, 6.45) is 1.56. The van der Waals surface area contributed by atoms with Gasteiger partial charge in [-0.25, -0.2) is 0 Å². The van der Waals surface area contributed by atoms with Crippen molar-refractivity contribution in [2.24, 2.45) is 5.41 Å². The number of carbonyl (C=O) groups is 1. The summed E-state index contributed by atoms with van der Waals surface area (Å²) in [6, 6.07) is 9.50. The van der Waals surface area contributed by atoms with Gasteiger partial charge in [-0.3, -0.25) is 4.79 Å². The van der Waals surface area contributed by atoms with E-state index in [2.05, 4.69) is 60.1 Å². The van der Waals surface area contributed by atoms with Crippen molar-refractivity contribution in [2.45, 2.75) is 85.2 Å². The molecule has 1 N–H and O–H groups in total. The molecule has 0 radical (unpaired) electrons. The Morgan fingerprint density at radius 2 is 1.30 bits per heavy atom. The number of benzene rings is 1. The summed E-state index contributed by atoms with van der Waals surface area (Å²) in [5, 5.41) is 9.48. The minimum Gasteiger partial charge on any atom is -0.668 e. The van der Waals surface area contributed by atoms with E-state index in [1.165, 1.54) is 0 Å². The van der Waals surface area contributed by atoms with E-state index in [0.29, 0.717) is 6.42 Å². The normalized spacial score (nSPS) is 14.3. The van der Waals surface area contributed by atoms with Gasteiger partial charge in [0.15, 0.2) is 0 Å². The first kappa shape index (κ1) is 28.9. The van der Waals surface area contributed by atoms with Crippen molar-refractivity contribution in [1.82, 2.24) is 0 Å². The van der Waals surface area contributed by atoms with Crippen molar-refractivity contribution >= 4 is 22.4 Å². The van der Waals surface area contributed by atoms with Gasteiger partial charge in [-0.15, -0.1) is 0 Å². The smallest absolute Gasteiger partial charge is 0.668 e. The van der Waals surface area contributed by atoms with E-state index in [1.54, 1.807) is 0 Å². The minimum absolute atomic E-state index is 0. The van der Waals surface area contributed by atoms with Gasteiger partial charge in [0.25, 0.3) is 0 Å². The SMILES string of the molecule is CC(C)(C)CCC(C)(C(=O)O)c1ccccc1.C[Si](C)(C)[N-][Si](C)(C)C.[Li+]. The van der Waals surface area contributed by atoms with E-state index < -0.39 is 27.9 Å². The van der Waals surface area contributed by atoms with Crippen LogP contribution in [-0.2, 0) is 10.2 Å². The first-order chi connectivity index (χ1) is 11.5. The number of nitrogens with zero attached hydrogens (tertiary/aromatic N) is 1. The Balaban J connectivity index is 0. The Labute approximate surface area is 182 Å². The average Bonchev–Trinajstić information content (AvgIpc) is 2.41. The van der Waals surface area contributed by atoms with Crippen molar-refractivity contribution < 1.29 is 28.8 Å². The summed E-state index contributed by atoms with van der Waals surface area (Å²) in [5.74, 6) is -0.743. The van der Waals surface area contributed by atoms with Crippen LogP contribution in [0.5, 0.6) is 0 Å². The zero-order valence-corrected chi connectivity index (χ0v) is 21.6. The standard InChI is InChI=1S/C15H22O2.C6H18NSi2.Li/c1-14(2,3)10-11-15(4,13(16)17)12-8-6-5-7-9-12;1-8(2,3)7-9(4,5)6;/h5-9H,10-11H2,1-4H3,(H,16,17);1-6H3;/q;-1;+1. The molecule has 1 unspecified atom stereocenters. The molecule has 0 fully saturated rings. The van der Waals surface area contributed by atoms with Gasteiger partial charge in [0.2, 0.25) is 0 Å². The fourth-order valence-corrected chi connectivity index (χ4v) is 10.9. The number of carboxylic acid groups (broad SMARTS) is 1. The van der Waals surface area contributed by atoms with Crippen molar-refractivity contribution in [3.8, 4) is 0 Å². The number of hydrogen-bond acceptors (Lipinski definition) is 1. The monoisotopic (exact) mass is 401 g/mol. The van der Waals surface area contributed by atoms with Crippen LogP contribution in [0.3, 0.4) is 0 Å². The van der Waals surface area contributed by atoms with Gasteiger partial charge < -0.3 is 9.75 Å². The molecule has 0 aliphatic heterocycles. The molecule has 0 saturated carbocycles. The maximum atomic E-state index is 11.5. The van der Waals surface area contributed by atoms with Crippen LogP contribution in [0.2, 0.25) is 39.3 Å². The summed E-state index contributed by atoms with van der Waals surface area (Å²) in [7, 11) is -2.21. The van der Waals surface area contributed by atoms with Crippen molar-refractivity contribution in [2.75, 3.05) is 0 Å². The Bertz CT molecular complexity index is 548. The molecule has 0 amide bonds. The Hall–Kier alpha value is -0.319. The third-order valence-electron chi connectivity index (χ3n) is 3.93. The maximum absolute atomic E-state index is 11.5. The molecule has 0 aliphatic carbocycles. The molecular formula is C21H40LiNO2Si2. The summed E-state index contributed by atoms with van der Waals surface area (Å²) >= 11 is 0. The molecular weight excluding hydrogens is 361 g/mol. The van der Waals surface area contributed by atoms with Crippen LogP contribution in [0.15, 0.2) is 30.3 Å². The van der Waals surface area contributed by atoms with Crippen LogP contribution in [0.25, 0.3) is 4.65 Å². The molecule has 0 aromatic heterocycles. The number of aliphatic carboxylic acids is 1. The fourth-order valence-electron chi connectivity index (χ4n) is 2.81. The molecule has 27 heavy (non-hydrogen) atoms. The zero-order chi connectivity index (χ0) is 20.8. The predicted molar refractivity (Wildman–Crippen MR) is 120 cm³/mol. The summed E-state index contributed by atoms with van der Waals surface area (Å²) in [4.78, 5) is 11.5. The molecule has 0 heterocycles. The van der Waals surface area contributed by atoms with E-state index in [1.807, 2.05) is 37.3 Å². The number of carboxylic acids is 1. The maximum Gasteiger partial charge on any atom is 1.00 e. The van der Waals surface area contributed by atoms with E-state index in [-0.39, 0.29) is 24.3 Å². The molecule has 1 atom stereocenters. The second-order valence-corrected chi connectivity index (χ2v) is 20.1. The van der Waals surface area contributed by atoms with Crippen LogP contribution in [0.4, 0.5) is 0 Å². The quantitative estimate of drug-likeness (QED) is 0.735. The molecule has 0 bridgehead atoms. The van der Waals surface area contributed by atoms with Crippen LogP contribution >= 0.6 is 0 Å². The molecule has 6 heteroatoms. The Morgan fingerprint density at radius 1 is 0.889 bits per heavy atom. The molecule has 1 aromatic rings. The van der Waals surface area contributed by atoms with Crippen molar-refractivity contribution in [3.05, 3.63) is 40.5 Å². The summed E-state index contributed by atoms with van der Waals surface area (Å²) in [6.45, 7) is 22.0. The molecule has 0 spiro atoms. The molecule has 3 nitrogen and oxygen atoms in total. The second kappa shape index (κ2) is 11.0. The van der Waals surface area contributed by atoms with E-state index in [9.17, 15) is 9.90 Å². The molecule has 1 rings (SSSR count). The predicted octanol–water partition coefficient (Wildman–Crippen LogP) is 3.89. The fraction of sp³-hybridized carbons (Fsp3) is 0.667. The molecule has 150 valence electrons. The third kappa shape index (κ3) is 13.5. The van der Waals surface area contributed by atoms with Gasteiger partial charge in [-0.2, -0.15) is 0 Å². The van der Waals surface area contributed by atoms with Crippen molar-refractivity contribution in [3.63, 3.8) is 0 Å². The topological polar surface area (TPSA) is 51.4 Å². The Morgan fingerprint density at radius 3 is 1.56 bits per heavy atom. The summed E-state index contributed by atoms with van der Waals surface area (Å²) in [5.41, 5.74) is 0.261. The van der Waals surface area contributed by atoms with Crippen LogP contribution in [-0.4, -0.2) is 27.5 Å². The number of hydrogen-bond donors (Lipinski definition) is 1.